The molecule has 0 aromatic carbocycles. The fourth-order valence-electron chi connectivity index (χ4n) is 2.08. The molecule has 0 bridgehead atoms. The predicted molar refractivity (Wildman–Crippen MR) is 68.2 cm³/mol. The molecule has 5 nitrogen and oxygen atoms in total. The molecule has 0 amide bonds. The minimum absolute atomic E-state index is 0.111. The van der Waals surface area contributed by atoms with Gasteiger partial charge in [-0.25, -0.2) is 8.42 Å². The summed E-state index contributed by atoms with van der Waals surface area (Å²) >= 11 is 0. The van der Waals surface area contributed by atoms with Crippen LogP contribution in [-0.2, 0) is 19.4 Å². The summed E-state index contributed by atoms with van der Waals surface area (Å²) in [4.78, 5) is 11.1. The Kier molecular flexibility index (Phi) is 4.55. The number of sulfone groups is 1. The summed E-state index contributed by atoms with van der Waals surface area (Å²) in [6, 6.07) is 0. The van der Waals surface area contributed by atoms with Crippen LogP contribution < -0.4 is 0 Å². The summed E-state index contributed by atoms with van der Waals surface area (Å²) in [5, 5.41) is 8.26. The average molecular weight is 276 g/mol. The Hall–Kier alpha value is -0.880. The first-order valence-electron chi connectivity index (χ1n) is 5.92. The van der Waals surface area contributed by atoms with Gasteiger partial charge in [-0.3, -0.25) is 4.79 Å². The minimum atomic E-state index is -3.82. The summed E-state index contributed by atoms with van der Waals surface area (Å²) in [5.74, 6) is -1.44. The lowest BCUT2D eigenvalue weighted by Gasteiger charge is -2.32. The lowest BCUT2D eigenvalue weighted by atomic mass is 9.96. The molecule has 1 N–H and O–H groups in total. The van der Waals surface area contributed by atoms with Crippen molar-refractivity contribution in [2.24, 2.45) is 5.92 Å². The van der Waals surface area contributed by atoms with E-state index in [9.17, 15) is 13.2 Å². The maximum atomic E-state index is 12.4. The van der Waals surface area contributed by atoms with Crippen LogP contribution in [0.1, 0.15) is 26.7 Å². The highest BCUT2D eigenvalue weighted by Crippen LogP contribution is 2.31. The zero-order chi connectivity index (χ0) is 14.0. The van der Waals surface area contributed by atoms with E-state index in [1.54, 1.807) is 0 Å². The normalized spacial score (nSPS) is 20.3. The van der Waals surface area contributed by atoms with Gasteiger partial charge in [0.25, 0.3) is 0 Å². The van der Waals surface area contributed by atoms with Gasteiger partial charge in [0.05, 0.1) is 5.25 Å². The third-order valence-electron chi connectivity index (χ3n) is 3.55. The molecule has 1 unspecified atom stereocenters. The third kappa shape index (κ3) is 2.59. The first kappa shape index (κ1) is 15.2. The van der Waals surface area contributed by atoms with Gasteiger partial charge in [0.15, 0.2) is 14.6 Å². The molecule has 1 saturated heterocycles. The maximum absolute atomic E-state index is 12.4. The van der Waals surface area contributed by atoms with Gasteiger partial charge in [0, 0.05) is 13.2 Å². The number of carbonyl (C=O) groups is 1. The second-order valence-corrected chi connectivity index (χ2v) is 7.67. The van der Waals surface area contributed by atoms with Gasteiger partial charge < -0.3 is 9.84 Å². The number of carboxylic acid groups (broad SMARTS) is 1. The minimum Gasteiger partial charge on any atom is -0.480 e. The van der Waals surface area contributed by atoms with Crippen LogP contribution in [0.5, 0.6) is 0 Å². The van der Waals surface area contributed by atoms with Gasteiger partial charge in [-0.05, 0) is 32.6 Å². The highest BCUT2D eigenvalue weighted by molar-refractivity contribution is 7.94. The molecule has 6 heteroatoms. The van der Waals surface area contributed by atoms with E-state index in [1.807, 2.05) is 0 Å². The van der Waals surface area contributed by atoms with Crippen molar-refractivity contribution in [1.29, 1.82) is 0 Å². The SMILES string of the molecule is C=CC(C1CCOCC1)S(=O)(=O)C(C)(C)C(=O)O. The van der Waals surface area contributed by atoms with Gasteiger partial charge in [0.2, 0.25) is 0 Å². The van der Waals surface area contributed by atoms with Crippen LogP contribution in [0.15, 0.2) is 12.7 Å². The number of carboxylic acids is 1. The van der Waals surface area contributed by atoms with Crippen molar-refractivity contribution in [3.8, 4) is 0 Å². The molecule has 0 radical (unpaired) electrons. The molecule has 1 atom stereocenters. The van der Waals surface area contributed by atoms with Crippen LogP contribution in [0.3, 0.4) is 0 Å². The van der Waals surface area contributed by atoms with Crippen molar-refractivity contribution in [3.05, 3.63) is 12.7 Å². The van der Waals surface area contributed by atoms with E-state index in [0.717, 1.165) is 0 Å². The van der Waals surface area contributed by atoms with E-state index in [0.29, 0.717) is 26.1 Å². The topological polar surface area (TPSA) is 80.7 Å². The maximum Gasteiger partial charge on any atom is 0.324 e. The zero-order valence-corrected chi connectivity index (χ0v) is 11.6. The summed E-state index contributed by atoms with van der Waals surface area (Å²) < 4.78 is 28.3. The Morgan fingerprint density at radius 1 is 1.44 bits per heavy atom. The van der Waals surface area contributed by atoms with Gasteiger partial charge in [-0.2, -0.15) is 0 Å². The summed E-state index contributed by atoms with van der Waals surface area (Å²) in [6.45, 7) is 7.03. The Bertz CT molecular complexity index is 418. The largest absolute Gasteiger partial charge is 0.480 e. The van der Waals surface area contributed by atoms with Gasteiger partial charge in [-0.15, -0.1) is 6.58 Å². The van der Waals surface area contributed by atoms with Crippen LogP contribution in [-0.4, -0.2) is 42.7 Å². The number of rotatable bonds is 5. The Balaban J connectivity index is 3.07. The molecule has 1 heterocycles. The smallest absolute Gasteiger partial charge is 0.324 e. The Morgan fingerprint density at radius 3 is 2.33 bits per heavy atom. The predicted octanol–water partition coefficient (Wildman–Crippen LogP) is 1.25. The van der Waals surface area contributed by atoms with E-state index < -0.39 is 25.8 Å². The van der Waals surface area contributed by atoms with E-state index in [2.05, 4.69) is 6.58 Å². The van der Waals surface area contributed by atoms with Crippen LogP contribution in [0.4, 0.5) is 0 Å². The van der Waals surface area contributed by atoms with Crippen LogP contribution in [0.25, 0.3) is 0 Å². The molecular formula is C12H20O5S. The molecule has 0 aliphatic carbocycles. The van der Waals surface area contributed by atoms with E-state index >= 15 is 0 Å². The molecular weight excluding hydrogens is 256 g/mol. The van der Waals surface area contributed by atoms with E-state index in [1.165, 1.54) is 19.9 Å². The van der Waals surface area contributed by atoms with Crippen LogP contribution >= 0.6 is 0 Å². The van der Waals surface area contributed by atoms with Crippen molar-refractivity contribution >= 4 is 15.8 Å². The number of hydrogen-bond acceptors (Lipinski definition) is 4. The zero-order valence-electron chi connectivity index (χ0n) is 10.8. The van der Waals surface area contributed by atoms with Crippen molar-refractivity contribution < 1.29 is 23.1 Å². The lowest BCUT2D eigenvalue weighted by molar-refractivity contribution is -0.139. The first-order chi connectivity index (χ1) is 8.25. The molecule has 1 aliphatic heterocycles. The molecule has 104 valence electrons. The van der Waals surface area contributed by atoms with Crippen molar-refractivity contribution in [3.63, 3.8) is 0 Å². The van der Waals surface area contributed by atoms with Gasteiger partial charge in [0.1, 0.15) is 0 Å². The number of hydrogen-bond donors (Lipinski definition) is 1. The van der Waals surface area contributed by atoms with Crippen LogP contribution in [0, 0.1) is 5.92 Å². The quantitative estimate of drug-likeness (QED) is 0.764. The highest BCUT2D eigenvalue weighted by Gasteiger charge is 2.48. The molecule has 1 fully saturated rings. The molecule has 1 rings (SSSR count). The third-order valence-corrected chi connectivity index (χ3v) is 6.44. The van der Waals surface area contributed by atoms with Gasteiger partial charge >= 0.3 is 5.97 Å². The standard InChI is InChI=1S/C12H20O5S/c1-4-10(9-5-7-17-8-6-9)18(15,16)12(2,3)11(13)14/h4,9-10H,1,5-8H2,2-3H3,(H,13,14). The second-order valence-electron chi connectivity index (χ2n) is 5.01. The molecule has 0 saturated carbocycles. The summed E-state index contributed by atoms with van der Waals surface area (Å²) in [6.07, 6.45) is 2.59. The first-order valence-corrected chi connectivity index (χ1v) is 7.47. The van der Waals surface area contributed by atoms with Crippen LogP contribution in [0.2, 0.25) is 0 Å². The molecule has 18 heavy (non-hydrogen) atoms. The van der Waals surface area contributed by atoms with Crippen molar-refractivity contribution in [2.75, 3.05) is 13.2 Å². The summed E-state index contributed by atoms with van der Waals surface area (Å²) in [7, 11) is -3.82. The molecule has 1 aliphatic rings. The average Bonchev–Trinajstić information content (AvgIpc) is 2.30. The fourth-order valence-corrected chi connectivity index (χ4v) is 4.03. The lowest BCUT2D eigenvalue weighted by Crippen LogP contribution is -2.48. The Morgan fingerprint density at radius 2 is 1.94 bits per heavy atom. The van der Waals surface area contributed by atoms with Crippen molar-refractivity contribution in [2.45, 2.75) is 36.7 Å². The van der Waals surface area contributed by atoms with Crippen molar-refractivity contribution in [1.82, 2.24) is 0 Å². The second kappa shape index (κ2) is 5.40. The Labute approximate surface area is 108 Å². The fraction of sp³-hybridized carbons (Fsp3) is 0.750. The van der Waals surface area contributed by atoms with E-state index in [4.69, 9.17) is 9.84 Å². The number of aliphatic carboxylic acids is 1. The molecule has 0 aromatic heterocycles. The number of ether oxygens (including phenoxy) is 1. The summed E-state index contributed by atoms with van der Waals surface area (Å²) in [5.41, 5.74) is 0. The molecule has 0 aromatic rings. The highest BCUT2D eigenvalue weighted by atomic mass is 32.2. The van der Waals surface area contributed by atoms with Gasteiger partial charge in [-0.1, -0.05) is 6.08 Å². The molecule has 0 spiro atoms. The van der Waals surface area contributed by atoms with E-state index in [-0.39, 0.29) is 5.92 Å². The monoisotopic (exact) mass is 276 g/mol.